The predicted molar refractivity (Wildman–Crippen MR) is 138 cm³/mol. The van der Waals surface area contributed by atoms with Gasteiger partial charge < -0.3 is 15.4 Å². The summed E-state index contributed by atoms with van der Waals surface area (Å²) < 4.78 is 5.27. The van der Waals surface area contributed by atoms with Gasteiger partial charge in [-0.15, -0.1) is 0 Å². The number of ether oxygens (including phenoxy) is 1. The monoisotopic (exact) mass is 471 g/mol. The summed E-state index contributed by atoms with van der Waals surface area (Å²) in [4.78, 5) is 30.0. The van der Waals surface area contributed by atoms with Crippen LogP contribution in [0.4, 0.5) is 11.4 Å². The molecule has 1 atom stereocenters. The molecule has 172 valence electrons. The highest BCUT2D eigenvalue weighted by molar-refractivity contribution is 8.00. The maximum absolute atomic E-state index is 12.7. The van der Waals surface area contributed by atoms with E-state index >= 15 is 0 Å². The molecule has 4 rings (SSSR count). The van der Waals surface area contributed by atoms with Gasteiger partial charge in [-0.25, -0.2) is 4.98 Å². The van der Waals surface area contributed by atoms with Gasteiger partial charge in [0.1, 0.15) is 5.75 Å². The summed E-state index contributed by atoms with van der Waals surface area (Å²) in [7, 11) is 1.55. The van der Waals surface area contributed by atoms with Crippen LogP contribution < -0.4 is 15.4 Å². The minimum Gasteiger partial charge on any atom is -0.495 e. The summed E-state index contributed by atoms with van der Waals surface area (Å²) in [6.07, 6.45) is 0. The molecule has 0 saturated carbocycles. The Hall–Kier alpha value is -3.84. The molecule has 0 saturated heterocycles. The Bertz CT molecular complexity index is 1340. The van der Waals surface area contributed by atoms with Crippen molar-refractivity contribution in [3.05, 3.63) is 90.0 Å². The molecular formula is C27H25N3O3S. The van der Waals surface area contributed by atoms with E-state index in [0.717, 1.165) is 21.5 Å². The zero-order valence-electron chi connectivity index (χ0n) is 19.2. The number of anilines is 2. The Labute approximate surface area is 202 Å². The highest BCUT2D eigenvalue weighted by Gasteiger charge is 2.17. The molecular weight excluding hydrogens is 446 g/mol. The summed E-state index contributed by atoms with van der Waals surface area (Å²) in [5.74, 6) is 0.190. The summed E-state index contributed by atoms with van der Waals surface area (Å²) in [5.41, 5.74) is 3.73. The van der Waals surface area contributed by atoms with E-state index in [1.807, 2.05) is 56.3 Å². The lowest BCUT2D eigenvalue weighted by atomic mass is 10.1. The van der Waals surface area contributed by atoms with Gasteiger partial charge in [0.05, 0.1) is 28.6 Å². The molecule has 2 N–H and O–H groups in total. The summed E-state index contributed by atoms with van der Waals surface area (Å²) in [6, 6.07) is 24.0. The van der Waals surface area contributed by atoms with Gasteiger partial charge in [0.25, 0.3) is 5.91 Å². The van der Waals surface area contributed by atoms with Crippen molar-refractivity contribution in [1.29, 1.82) is 0 Å². The third kappa shape index (κ3) is 5.38. The SMILES string of the molecule is COc1ccccc1NC(=O)c1ccc(NC(=O)C(C)Sc2cc(C)c3ccccc3n2)cc1. The largest absolute Gasteiger partial charge is 0.495 e. The first-order chi connectivity index (χ1) is 16.4. The lowest BCUT2D eigenvalue weighted by molar-refractivity contribution is -0.115. The Balaban J connectivity index is 1.38. The fraction of sp³-hybridized carbons (Fsp3) is 0.148. The molecule has 6 nitrogen and oxygen atoms in total. The van der Waals surface area contributed by atoms with Crippen LogP contribution in [-0.2, 0) is 4.79 Å². The maximum Gasteiger partial charge on any atom is 0.255 e. The van der Waals surface area contributed by atoms with Crippen molar-refractivity contribution in [2.45, 2.75) is 24.1 Å². The fourth-order valence-corrected chi connectivity index (χ4v) is 4.43. The minimum atomic E-state index is -0.346. The topological polar surface area (TPSA) is 80.3 Å². The number of hydrogen-bond donors (Lipinski definition) is 2. The van der Waals surface area contributed by atoms with Crippen LogP contribution >= 0.6 is 11.8 Å². The van der Waals surface area contributed by atoms with Crippen LogP contribution in [0.5, 0.6) is 5.75 Å². The Kier molecular flexibility index (Phi) is 7.13. The fourth-order valence-electron chi connectivity index (χ4n) is 3.50. The molecule has 0 fully saturated rings. The van der Waals surface area contributed by atoms with Crippen LogP contribution in [-0.4, -0.2) is 29.2 Å². The Morgan fingerprint density at radius 1 is 0.941 bits per heavy atom. The number of para-hydroxylation sites is 3. The number of hydrogen-bond acceptors (Lipinski definition) is 5. The average Bonchev–Trinajstić information content (AvgIpc) is 2.84. The van der Waals surface area contributed by atoms with Crippen LogP contribution in [0.2, 0.25) is 0 Å². The smallest absolute Gasteiger partial charge is 0.255 e. The van der Waals surface area contributed by atoms with Gasteiger partial charge >= 0.3 is 0 Å². The molecule has 1 aromatic heterocycles. The minimum absolute atomic E-state index is 0.135. The second-order valence-electron chi connectivity index (χ2n) is 7.78. The molecule has 0 aliphatic rings. The quantitative estimate of drug-likeness (QED) is 0.327. The van der Waals surface area contributed by atoms with Crippen LogP contribution in [0.25, 0.3) is 10.9 Å². The number of pyridine rings is 1. The zero-order valence-corrected chi connectivity index (χ0v) is 20.0. The first-order valence-corrected chi connectivity index (χ1v) is 11.7. The van der Waals surface area contributed by atoms with Gasteiger partial charge in [0.2, 0.25) is 5.91 Å². The highest BCUT2D eigenvalue weighted by Crippen LogP contribution is 2.27. The highest BCUT2D eigenvalue weighted by atomic mass is 32.2. The molecule has 7 heteroatoms. The number of carbonyl (C=O) groups is 2. The van der Waals surface area contributed by atoms with E-state index in [1.54, 1.807) is 43.5 Å². The molecule has 3 aromatic carbocycles. The number of benzene rings is 3. The van der Waals surface area contributed by atoms with Crippen LogP contribution in [0.15, 0.2) is 83.9 Å². The standard InChI is InChI=1S/C27H25N3O3S/c1-17-16-25(29-22-9-5-4-8-21(17)22)34-18(2)26(31)28-20-14-12-19(13-15-20)27(32)30-23-10-6-7-11-24(23)33-3/h4-16,18H,1-3H3,(H,28,31)(H,30,32). The maximum atomic E-state index is 12.7. The number of fused-ring (bicyclic) bond motifs is 1. The summed E-state index contributed by atoms with van der Waals surface area (Å²) in [6.45, 7) is 3.89. The third-order valence-electron chi connectivity index (χ3n) is 5.34. The number of carbonyl (C=O) groups excluding carboxylic acids is 2. The van der Waals surface area contributed by atoms with E-state index < -0.39 is 0 Å². The van der Waals surface area contributed by atoms with Gasteiger partial charge in [0, 0.05) is 16.6 Å². The van der Waals surface area contributed by atoms with Crippen LogP contribution in [0.1, 0.15) is 22.8 Å². The number of nitrogens with one attached hydrogen (secondary N) is 2. The number of thioether (sulfide) groups is 1. The second kappa shape index (κ2) is 10.4. The Morgan fingerprint density at radius 3 is 2.41 bits per heavy atom. The molecule has 1 heterocycles. The number of aromatic nitrogens is 1. The summed E-state index contributed by atoms with van der Waals surface area (Å²) in [5, 5.41) is 7.32. The van der Waals surface area contributed by atoms with Crippen molar-refractivity contribution >= 4 is 45.9 Å². The van der Waals surface area contributed by atoms with Crippen molar-refractivity contribution < 1.29 is 14.3 Å². The van der Waals surface area contributed by atoms with Crippen molar-refractivity contribution in [3.8, 4) is 5.75 Å². The number of rotatable bonds is 7. The van der Waals surface area contributed by atoms with Crippen molar-refractivity contribution in [3.63, 3.8) is 0 Å². The molecule has 1 unspecified atom stereocenters. The first kappa shape index (κ1) is 23.3. The van der Waals surface area contributed by atoms with E-state index in [2.05, 4.69) is 15.6 Å². The van der Waals surface area contributed by atoms with Crippen LogP contribution in [0, 0.1) is 6.92 Å². The van der Waals surface area contributed by atoms with Crippen molar-refractivity contribution in [2.75, 3.05) is 17.7 Å². The zero-order chi connectivity index (χ0) is 24.1. The van der Waals surface area contributed by atoms with E-state index in [9.17, 15) is 9.59 Å². The Morgan fingerprint density at radius 2 is 1.65 bits per heavy atom. The van der Waals surface area contributed by atoms with E-state index in [0.29, 0.717) is 22.7 Å². The lowest BCUT2D eigenvalue weighted by Crippen LogP contribution is -2.22. The van der Waals surface area contributed by atoms with Crippen molar-refractivity contribution in [2.24, 2.45) is 0 Å². The van der Waals surface area contributed by atoms with Gasteiger partial charge in [0.15, 0.2) is 0 Å². The number of nitrogens with zero attached hydrogens (tertiary/aromatic N) is 1. The molecule has 0 aliphatic carbocycles. The number of amides is 2. The molecule has 4 aromatic rings. The molecule has 2 amide bonds. The molecule has 0 spiro atoms. The lowest BCUT2D eigenvalue weighted by Gasteiger charge is -2.13. The van der Waals surface area contributed by atoms with Gasteiger partial charge in [-0.1, -0.05) is 42.1 Å². The number of methoxy groups -OCH3 is 1. The van der Waals surface area contributed by atoms with Gasteiger partial charge in [-0.3, -0.25) is 9.59 Å². The van der Waals surface area contributed by atoms with Crippen molar-refractivity contribution in [1.82, 2.24) is 4.98 Å². The van der Waals surface area contributed by atoms with E-state index in [-0.39, 0.29) is 17.1 Å². The first-order valence-electron chi connectivity index (χ1n) is 10.8. The second-order valence-corrected chi connectivity index (χ2v) is 9.14. The molecule has 0 aliphatic heterocycles. The normalized spacial score (nSPS) is 11.6. The molecule has 0 bridgehead atoms. The third-order valence-corrected chi connectivity index (χ3v) is 6.35. The number of aryl methyl sites for hydroxylation is 1. The van der Waals surface area contributed by atoms with Gasteiger partial charge in [-0.05, 0) is 67.9 Å². The van der Waals surface area contributed by atoms with Crippen LogP contribution in [0.3, 0.4) is 0 Å². The summed E-state index contributed by atoms with van der Waals surface area (Å²) >= 11 is 1.41. The average molecular weight is 472 g/mol. The molecule has 34 heavy (non-hydrogen) atoms. The molecule has 0 radical (unpaired) electrons. The predicted octanol–water partition coefficient (Wildman–Crippen LogP) is 5.92. The van der Waals surface area contributed by atoms with E-state index in [1.165, 1.54) is 11.8 Å². The van der Waals surface area contributed by atoms with E-state index in [4.69, 9.17) is 4.74 Å². The van der Waals surface area contributed by atoms with Gasteiger partial charge in [-0.2, -0.15) is 0 Å².